The normalized spacial score (nSPS) is 16.4. The number of Topliss-reactive ketones (excluding diaryl/α,β-unsaturated/α-hetero) is 1. The second kappa shape index (κ2) is 3.87. The first-order chi connectivity index (χ1) is 5.68. The Morgan fingerprint density at radius 1 is 1.31 bits per heavy atom. The molecular formula is C9H17NO3. The molecule has 0 saturated carbocycles. The van der Waals surface area contributed by atoms with Gasteiger partial charge < -0.3 is 10.8 Å². The van der Waals surface area contributed by atoms with Crippen LogP contribution in [0.15, 0.2) is 0 Å². The highest BCUT2D eigenvalue weighted by Gasteiger charge is 2.33. The van der Waals surface area contributed by atoms with Gasteiger partial charge in [0.1, 0.15) is 0 Å². The van der Waals surface area contributed by atoms with Crippen LogP contribution in [0.5, 0.6) is 0 Å². The molecule has 0 aliphatic rings. The van der Waals surface area contributed by atoms with E-state index in [4.69, 9.17) is 10.8 Å². The monoisotopic (exact) mass is 187 g/mol. The molecule has 2 atom stereocenters. The van der Waals surface area contributed by atoms with Gasteiger partial charge in [-0.1, -0.05) is 20.8 Å². The molecule has 0 bridgehead atoms. The summed E-state index contributed by atoms with van der Waals surface area (Å²) in [6, 6.07) is -0.919. The van der Waals surface area contributed by atoms with Crippen molar-refractivity contribution in [3.63, 3.8) is 0 Å². The molecule has 2 unspecified atom stereocenters. The smallest absolute Gasteiger partial charge is 0.308 e. The molecule has 0 heterocycles. The molecule has 0 aliphatic heterocycles. The molecule has 4 nitrogen and oxygen atoms in total. The fourth-order valence-electron chi connectivity index (χ4n) is 0.881. The van der Waals surface area contributed by atoms with E-state index in [-0.39, 0.29) is 5.78 Å². The van der Waals surface area contributed by atoms with E-state index in [1.807, 2.05) is 0 Å². The first kappa shape index (κ1) is 12.1. The number of ketones is 1. The number of aliphatic carboxylic acids is 1. The molecule has 4 heteroatoms. The zero-order valence-electron chi connectivity index (χ0n) is 8.50. The lowest BCUT2D eigenvalue weighted by atomic mass is 9.82. The van der Waals surface area contributed by atoms with Gasteiger partial charge in [-0.3, -0.25) is 9.59 Å². The summed E-state index contributed by atoms with van der Waals surface area (Å²) >= 11 is 0. The van der Waals surface area contributed by atoms with Crippen molar-refractivity contribution < 1.29 is 14.7 Å². The van der Waals surface area contributed by atoms with Crippen molar-refractivity contribution in [2.75, 3.05) is 0 Å². The fraction of sp³-hybridized carbons (Fsp3) is 0.778. The summed E-state index contributed by atoms with van der Waals surface area (Å²) in [6.07, 6.45) is 0. The van der Waals surface area contributed by atoms with E-state index in [2.05, 4.69) is 0 Å². The van der Waals surface area contributed by atoms with Crippen LogP contribution in [0.3, 0.4) is 0 Å². The first-order valence-corrected chi connectivity index (χ1v) is 4.20. The van der Waals surface area contributed by atoms with E-state index in [9.17, 15) is 9.59 Å². The van der Waals surface area contributed by atoms with Crippen molar-refractivity contribution in [2.24, 2.45) is 17.1 Å². The lowest BCUT2D eigenvalue weighted by Gasteiger charge is -2.23. The molecule has 3 N–H and O–H groups in total. The van der Waals surface area contributed by atoms with Crippen LogP contribution in [0.25, 0.3) is 0 Å². The Labute approximate surface area is 78.1 Å². The van der Waals surface area contributed by atoms with Gasteiger partial charge in [0, 0.05) is 5.41 Å². The first-order valence-electron chi connectivity index (χ1n) is 4.20. The van der Waals surface area contributed by atoms with Crippen LogP contribution in [0, 0.1) is 11.3 Å². The van der Waals surface area contributed by atoms with Crippen molar-refractivity contribution in [3.8, 4) is 0 Å². The summed E-state index contributed by atoms with van der Waals surface area (Å²) in [6.45, 7) is 6.62. The molecule has 0 radical (unpaired) electrons. The Bertz CT molecular complexity index is 217. The van der Waals surface area contributed by atoms with E-state index in [0.717, 1.165) is 0 Å². The zero-order chi connectivity index (χ0) is 10.8. The molecular weight excluding hydrogens is 170 g/mol. The van der Waals surface area contributed by atoms with Gasteiger partial charge in [-0.15, -0.1) is 0 Å². The maximum Gasteiger partial charge on any atom is 0.308 e. The summed E-state index contributed by atoms with van der Waals surface area (Å²) in [5.74, 6) is -2.08. The molecule has 0 fully saturated rings. The maximum absolute atomic E-state index is 11.5. The number of hydrogen-bond acceptors (Lipinski definition) is 3. The minimum absolute atomic E-state index is 0.220. The summed E-state index contributed by atoms with van der Waals surface area (Å²) < 4.78 is 0. The minimum atomic E-state index is -1.04. The van der Waals surface area contributed by atoms with Crippen molar-refractivity contribution >= 4 is 11.8 Å². The van der Waals surface area contributed by atoms with Crippen molar-refractivity contribution in [3.05, 3.63) is 0 Å². The predicted molar refractivity (Wildman–Crippen MR) is 49.2 cm³/mol. The SMILES string of the molecule is CC(C(=O)O)C(N)C(=O)C(C)(C)C. The highest BCUT2D eigenvalue weighted by Crippen LogP contribution is 2.19. The third-order valence-corrected chi connectivity index (χ3v) is 1.97. The largest absolute Gasteiger partial charge is 0.481 e. The van der Waals surface area contributed by atoms with Gasteiger partial charge in [-0.2, -0.15) is 0 Å². The zero-order valence-corrected chi connectivity index (χ0v) is 8.50. The molecule has 0 aromatic rings. The minimum Gasteiger partial charge on any atom is -0.481 e. The lowest BCUT2D eigenvalue weighted by Crippen LogP contribution is -2.45. The van der Waals surface area contributed by atoms with Gasteiger partial charge in [-0.25, -0.2) is 0 Å². The number of carbonyl (C=O) groups is 2. The number of carbonyl (C=O) groups excluding carboxylic acids is 1. The van der Waals surface area contributed by atoms with Gasteiger partial charge in [0.05, 0.1) is 12.0 Å². The van der Waals surface area contributed by atoms with Crippen LogP contribution < -0.4 is 5.73 Å². The highest BCUT2D eigenvalue weighted by molar-refractivity contribution is 5.92. The Morgan fingerprint density at radius 3 is 1.92 bits per heavy atom. The Balaban J connectivity index is 4.53. The van der Waals surface area contributed by atoms with E-state index in [0.29, 0.717) is 0 Å². The molecule has 0 rings (SSSR count). The van der Waals surface area contributed by atoms with Crippen LogP contribution in [0.4, 0.5) is 0 Å². The average molecular weight is 187 g/mol. The highest BCUT2D eigenvalue weighted by atomic mass is 16.4. The molecule has 0 aliphatic carbocycles. The topological polar surface area (TPSA) is 80.4 Å². The van der Waals surface area contributed by atoms with Gasteiger partial charge >= 0.3 is 5.97 Å². The van der Waals surface area contributed by atoms with E-state index < -0.39 is 23.3 Å². The molecule has 0 spiro atoms. The van der Waals surface area contributed by atoms with Crippen LogP contribution in [-0.2, 0) is 9.59 Å². The maximum atomic E-state index is 11.5. The molecule has 0 aromatic heterocycles. The van der Waals surface area contributed by atoms with Gasteiger partial charge in [-0.05, 0) is 6.92 Å². The van der Waals surface area contributed by atoms with E-state index in [1.165, 1.54) is 6.92 Å². The number of nitrogens with two attached hydrogens (primary N) is 1. The molecule has 76 valence electrons. The van der Waals surface area contributed by atoms with Gasteiger partial charge in [0.15, 0.2) is 5.78 Å². The summed E-state index contributed by atoms with van der Waals surface area (Å²) in [4.78, 5) is 22.1. The third-order valence-electron chi connectivity index (χ3n) is 1.97. The number of carboxylic acid groups (broad SMARTS) is 1. The fourth-order valence-corrected chi connectivity index (χ4v) is 0.881. The lowest BCUT2D eigenvalue weighted by molar-refractivity contribution is -0.145. The average Bonchev–Trinajstić information content (AvgIpc) is 1.98. The predicted octanol–water partition coefficient (Wildman–Crippen LogP) is 0.650. The van der Waals surface area contributed by atoms with Gasteiger partial charge in [0.25, 0.3) is 0 Å². The van der Waals surface area contributed by atoms with Crippen LogP contribution >= 0.6 is 0 Å². The molecule has 0 amide bonds. The van der Waals surface area contributed by atoms with Crippen molar-refractivity contribution in [2.45, 2.75) is 33.7 Å². The summed E-state index contributed by atoms with van der Waals surface area (Å²) in [7, 11) is 0. The second-order valence-electron chi connectivity index (χ2n) is 4.27. The quantitative estimate of drug-likeness (QED) is 0.679. The summed E-state index contributed by atoms with van der Waals surface area (Å²) in [5.41, 5.74) is 4.94. The third kappa shape index (κ3) is 3.14. The van der Waals surface area contributed by atoms with Gasteiger partial charge in [0.2, 0.25) is 0 Å². The molecule has 0 aromatic carbocycles. The second-order valence-corrected chi connectivity index (χ2v) is 4.27. The van der Waals surface area contributed by atoms with Crippen molar-refractivity contribution in [1.29, 1.82) is 0 Å². The Morgan fingerprint density at radius 2 is 1.69 bits per heavy atom. The molecule has 13 heavy (non-hydrogen) atoms. The Kier molecular flexibility index (Phi) is 3.60. The van der Waals surface area contributed by atoms with Crippen molar-refractivity contribution in [1.82, 2.24) is 0 Å². The molecule has 0 saturated heterocycles. The number of rotatable bonds is 3. The standard InChI is InChI=1S/C9H17NO3/c1-5(8(12)13)6(10)7(11)9(2,3)4/h5-6H,10H2,1-4H3,(H,12,13). The number of hydrogen-bond donors (Lipinski definition) is 2. The summed E-state index contributed by atoms with van der Waals surface area (Å²) in [5, 5.41) is 8.63. The Hall–Kier alpha value is -0.900. The van der Waals surface area contributed by atoms with E-state index in [1.54, 1.807) is 20.8 Å². The number of carboxylic acids is 1. The van der Waals surface area contributed by atoms with Crippen LogP contribution in [0.2, 0.25) is 0 Å². The van der Waals surface area contributed by atoms with E-state index >= 15 is 0 Å². The van der Waals surface area contributed by atoms with Crippen LogP contribution in [-0.4, -0.2) is 22.9 Å². The van der Waals surface area contributed by atoms with Crippen LogP contribution in [0.1, 0.15) is 27.7 Å².